The third-order valence-corrected chi connectivity index (χ3v) is 3.41. The summed E-state index contributed by atoms with van der Waals surface area (Å²) < 4.78 is 7.00. The Balaban J connectivity index is 1.96. The molecule has 1 saturated heterocycles. The van der Waals surface area contributed by atoms with Crippen LogP contribution >= 0.6 is 0 Å². The highest BCUT2D eigenvalue weighted by Gasteiger charge is 2.43. The highest BCUT2D eigenvalue weighted by Crippen LogP contribution is 2.32. The maximum Gasteiger partial charge on any atom is 0.164 e. The summed E-state index contributed by atoms with van der Waals surface area (Å²) in [6.45, 7) is -0.390. The zero-order valence-electron chi connectivity index (χ0n) is 10.9. The van der Waals surface area contributed by atoms with Crippen molar-refractivity contribution in [1.82, 2.24) is 19.5 Å². The van der Waals surface area contributed by atoms with Crippen molar-refractivity contribution in [2.24, 2.45) is 0 Å². The summed E-state index contributed by atoms with van der Waals surface area (Å²) in [4.78, 5) is 11.9. The second-order valence-electron chi connectivity index (χ2n) is 4.74. The lowest BCUT2D eigenvalue weighted by Gasteiger charge is -2.18. The number of nitrogens with two attached hydrogens (primary N) is 1. The monoisotopic (exact) mass is 293 g/mol. The van der Waals surface area contributed by atoms with E-state index < -0.39 is 24.5 Å². The third kappa shape index (κ3) is 2.36. The van der Waals surface area contributed by atoms with E-state index in [-0.39, 0.29) is 6.61 Å². The largest absolute Gasteiger partial charge is 0.394 e. The van der Waals surface area contributed by atoms with Crippen LogP contribution in [0.5, 0.6) is 0 Å². The van der Waals surface area contributed by atoms with Crippen molar-refractivity contribution < 1.29 is 20.1 Å². The molecular weight excluding hydrogens is 278 g/mol. The Morgan fingerprint density at radius 1 is 1.29 bits per heavy atom. The molecule has 5 N–H and O–H groups in total. The molecule has 0 bridgehead atoms. The first-order chi connectivity index (χ1) is 10.1. The van der Waals surface area contributed by atoms with Gasteiger partial charge in [-0.3, -0.25) is 4.57 Å². The van der Waals surface area contributed by atoms with Crippen molar-refractivity contribution in [3.8, 4) is 11.4 Å². The molecule has 1 aliphatic heterocycles. The maximum atomic E-state index is 10.1. The molecule has 3 rings (SSSR count). The van der Waals surface area contributed by atoms with Crippen molar-refractivity contribution in [2.45, 2.75) is 24.5 Å². The highest BCUT2D eigenvalue weighted by atomic mass is 16.6. The summed E-state index contributed by atoms with van der Waals surface area (Å²) in [5.74, 6) is 0.300. The normalized spacial score (nSPS) is 28.9. The van der Waals surface area contributed by atoms with E-state index in [1.165, 1.54) is 23.4 Å². The van der Waals surface area contributed by atoms with Crippen molar-refractivity contribution >= 4 is 5.82 Å². The average Bonchev–Trinajstić information content (AvgIpc) is 3.05. The van der Waals surface area contributed by atoms with Gasteiger partial charge in [-0.05, 0) is 0 Å². The Morgan fingerprint density at radius 3 is 2.76 bits per heavy atom. The van der Waals surface area contributed by atoms with Crippen molar-refractivity contribution in [2.75, 3.05) is 12.3 Å². The molecule has 1 aliphatic rings. The molecule has 0 radical (unpaired) electrons. The lowest BCUT2D eigenvalue weighted by molar-refractivity contribution is -0.0520. The van der Waals surface area contributed by atoms with Crippen LogP contribution in [0.1, 0.15) is 6.23 Å². The number of rotatable bonds is 3. The number of aliphatic hydroxyl groups excluding tert-OH is 3. The molecule has 4 atom stereocenters. The molecular formula is C12H15N5O4. The Labute approximate surface area is 119 Å². The van der Waals surface area contributed by atoms with Gasteiger partial charge in [0.05, 0.1) is 30.5 Å². The number of nitrogens with zero attached hydrogens (tertiary/aromatic N) is 4. The van der Waals surface area contributed by atoms with Crippen LogP contribution in [-0.2, 0) is 4.74 Å². The van der Waals surface area contributed by atoms with Crippen LogP contribution in [0.15, 0.2) is 24.9 Å². The van der Waals surface area contributed by atoms with Crippen LogP contribution in [0.3, 0.4) is 0 Å². The number of hydrogen-bond acceptors (Lipinski definition) is 8. The van der Waals surface area contributed by atoms with E-state index in [9.17, 15) is 10.2 Å². The minimum absolute atomic E-state index is 0.300. The summed E-state index contributed by atoms with van der Waals surface area (Å²) >= 11 is 0. The van der Waals surface area contributed by atoms with Gasteiger partial charge in [0, 0.05) is 6.07 Å². The molecule has 112 valence electrons. The Hall–Kier alpha value is -2.07. The molecule has 2 aromatic rings. The molecule has 4 unspecified atom stereocenters. The summed E-state index contributed by atoms with van der Waals surface area (Å²) in [7, 11) is 0. The van der Waals surface area contributed by atoms with Gasteiger partial charge in [0.2, 0.25) is 0 Å². The maximum absolute atomic E-state index is 10.1. The molecule has 1 fully saturated rings. The molecule has 21 heavy (non-hydrogen) atoms. The number of hydrogen-bond donors (Lipinski definition) is 4. The van der Waals surface area contributed by atoms with E-state index >= 15 is 0 Å². The standard InChI is InChI=1S/C12H15N5O4/c13-9-1-6(15-4-16-9)7-2-14-5-17(7)12-11(20)10(19)8(3-18)21-12/h1-2,4-5,8,10-12,18-20H,3H2,(H2,13,15,16). The van der Waals surface area contributed by atoms with Crippen molar-refractivity contribution in [1.29, 1.82) is 0 Å². The predicted octanol–water partition coefficient (Wildman–Crippen LogP) is -1.47. The molecule has 0 aliphatic carbocycles. The van der Waals surface area contributed by atoms with E-state index in [2.05, 4.69) is 15.0 Å². The fraction of sp³-hybridized carbons (Fsp3) is 0.417. The van der Waals surface area contributed by atoms with Gasteiger partial charge in [-0.2, -0.15) is 0 Å². The quantitative estimate of drug-likeness (QED) is 0.538. The topological polar surface area (TPSA) is 140 Å². The minimum Gasteiger partial charge on any atom is -0.394 e. The van der Waals surface area contributed by atoms with E-state index in [1.54, 1.807) is 6.07 Å². The SMILES string of the molecule is Nc1cc(-c2cncn2C2OC(CO)C(O)C2O)ncn1. The first kappa shape index (κ1) is 13.9. The molecule has 0 spiro atoms. The van der Waals surface area contributed by atoms with Crippen LogP contribution in [0, 0.1) is 0 Å². The van der Waals surface area contributed by atoms with Gasteiger partial charge >= 0.3 is 0 Å². The van der Waals surface area contributed by atoms with Gasteiger partial charge in [0.1, 0.15) is 30.5 Å². The fourth-order valence-corrected chi connectivity index (χ4v) is 2.33. The summed E-state index contributed by atoms with van der Waals surface area (Å²) in [5, 5.41) is 29.0. The van der Waals surface area contributed by atoms with Gasteiger partial charge in [-0.1, -0.05) is 0 Å². The summed E-state index contributed by atoms with van der Waals surface area (Å²) in [6, 6.07) is 1.56. The zero-order chi connectivity index (χ0) is 15.0. The van der Waals surface area contributed by atoms with Crippen molar-refractivity contribution in [3.05, 3.63) is 24.9 Å². The van der Waals surface area contributed by atoms with Gasteiger partial charge in [0.15, 0.2) is 6.23 Å². The van der Waals surface area contributed by atoms with Crippen LogP contribution in [-0.4, -0.2) is 59.8 Å². The molecule has 9 heteroatoms. The fourth-order valence-electron chi connectivity index (χ4n) is 2.33. The number of aliphatic hydroxyl groups is 3. The Kier molecular flexibility index (Phi) is 3.55. The first-order valence-corrected chi connectivity index (χ1v) is 6.34. The summed E-state index contributed by atoms with van der Waals surface area (Å²) in [6.07, 6.45) is 0.227. The van der Waals surface area contributed by atoms with Crippen molar-refractivity contribution in [3.63, 3.8) is 0 Å². The molecule has 3 heterocycles. The van der Waals surface area contributed by atoms with E-state index in [0.29, 0.717) is 17.2 Å². The first-order valence-electron chi connectivity index (χ1n) is 6.34. The van der Waals surface area contributed by atoms with E-state index in [0.717, 1.165) is 0 Å². The van der Waals surface area contributed by atoms with Crippen LogP contribution in [0.25, 0.3) is 11.4 Å². The van der Waals surface area contributed by atoms with E-state index in [4.69, 9.17) is 15.6 Å². The van der Waals surface area contributed by atoms with Gasteiger partial charge in [-0.25, -0.2) is 15.0 Å². The van der Waals surface area contributed by atoms with Gasteiger partial charge in [0.25, 0.3) is 0 Å². The second-order valence-corrected chi connectivity index (χ2v) is 4.74. The Bertz CT molecular complexity index is 634. The lowest BCUT2D eigenvalue weighted by Crippen LogP contribution is -2.33. The minimum atomic E-state index is -1.19. The zero-order valence-corrected chi connectivity index (χ0v) is 10.9. The number of imidazole rings is 1. The number of nitrogen functional groups attached to an aromatic ring is 1. The molecule has 0 amide bonds. The lowest BCUT2D eigenvalue weighted by atomic mass is 10.1. The third-order valence-electron chi connectivity index (χ3n) is 3.41. The molecule has 0 saturated carbocycles. The van der Waals surface area contributed by atoms with E-state index in [1.807, 2.05) is 0 Å². The average molecular weight is 293 g/mol. The Morgan fingerprint density at radius 2 is 2.10 bits per heavy atom. The van der Waals surface area contributed by atoms with Crippen LogP contribution in [0.2, 0.25) is 0 Å². The number of aromatic nitrogens is 4. The second kappa shape index (κ2) is 5.37. The number of ether oxygens (including phenoxy) is 1. The highest BCUT2D eigenvalue weighted by molar-refractivity contribution is 5.57. The molecule has 2 aromatic heterocycles. The van der Waals surface area contributed by atoms with Gasteiger partial charge < -0.3 is 25.8 Å². The van der Waals surface area contributed by atoms with Crippen LogP contribution in [0.4, 0.5) is 5.82 Å². The smallest absolute Gasteiger partial charge is 0.164 e. The predicted molar refractivity (Wildman–Crippen MR) is 70.7 cm³/mol. The van der Waals surface area contributed by atoms with Crippen LogP contribution < -0.4 is 5.73 Å². The van der Waals surface area contributed by atoms with Gasteiger partial charge in [-0.15, -0.1) is 0 Å². The number of anilines is 1. The molecule has 0 aromatic carbocycles. The molecule has 9 nitrogen and oxygen atoms in total. The summed E-state index contributed by atoms with van der Waals surface area (Å²) in [5.41, 5.74) is 6.69.